The van der Waals surface area contributed by atoms with Crippen LogP contribution in [0.2, 0.25) is 0 Å². The Labute approximate surface area is 87.9 Å². The predicted octanol–water partition coefficient (Wildman–Crippen LogP) is 3.03. The number of halogens is 5. The van der Waals surface area contributed by atoms with Crippen molar-refractivity contribution >= 4 is 5.78 Å². The zero-order valence-electron chi connectivity index (χ0n) is 7.94. The van der Waals surface area contributed by atoms with Crippen molar-refractivity contribution in [3.8, 4) is 0 Å². The van der Waals surface area contributed by atoms with Crippen molar-refractivity contribution in [3.05, 3.63) is 35.4 Å². The molecule has 1 aromatic carbocycles. The molecular formula is C10H7F5O. The first-order chi connectivity index (χ1) is 7.28. The van der Waals surface area contributed by atoms with Crippen molar-refractivity contribution in [2.24, 2.45) is 0 Å². The second-order valence-electron chi connectivity index (χ2n) is 3.24. The summed E-state index contributed by atoms with van der Waals surface area (Å²) in [4.78, 5) is 10.9. The van der Waals surface area contributed by atoms with Gasteiger partial charge in [0, 0.05) is 6.42 Å². The molecule has 0 saturated heterocycles. The van der Waals surface area contributed by atoms with Gasteiger partial charge in [0.1, 0.15) is 23.8 Å². The van der Waals surface area contributed by atoms with Gasteiger partial charge in [0.15, 0.2) is 0 Å². The van der Waals surface area contributed by atoms with Crippen LogP contribution in [0.1, 0.15) is 12.0 Å². The summed E-state index contributed by atoms with van der Waals surface area (Å²) in [6.07, 6.45) is -7.02. The lowest BCUT2D eigenvalue weighted by Gasteiger charge is -2.06. The molecule has 0 N–H and O–H groups in total. The third kappa shape index (κ3) is 3.96. The van der Waals surface area contributed by atoms with Crippen molar-refractivity contribution in [2.75, 3.05) is 0 Å². The van der Waals surface area contributed by atoms with Gasteiger partial charge in [-0.05, 0) is 23.8 Å². The van der Waals surface area contributed by atoms with Gasteiger partial charge >= 0.3 is 6.18 Å². The van der Waals surface area contributed by atoms with Gasteiger partial charge in [0.05, 0.1) is 0 Å². The molecule has 0 amide bonds. The van der Waals surface area contributed by atoms with Gasteiger partial charge in [-0.1, -0.05) is 0 Å². The molecule has 6 heteroatoms. The van der Waals surface area contributed by atoms with Crippen LogP contribution in [0.3, 0.4) is 0 Å². The second-order valence-corrected chi connectivity index (χ2v) is 3.24. The van der Waals surface area contributed by atoms with Gasteiger partial charge in [-0.15, -0.1) is 0 Å². The van der Waals surface area contributed by atoms with E-state index in [1.165, 1.54) is 0 Å². The molecule has 1 rings (SSSR count). The number of carbonyl (C=O) groups is 1. The van der Waals surface area contributed by atoms with Crippen molar-refractivity contribution in [1.29, 1.82) is 0 Å². The molecule has 0 fully saturated rings. The molecule has 0 aliphatic carbocycles. The quantitative estimate of drug-likeness (QED) is 0.740. The minimum atomic E-state index is -4.62. The standard InChI is InChI=1S/C10H7F5O/c11-7-1-2-9(12)6(3-7)4-8(16)5-10(13,14)15/h1-3H,4-5H2. The molecule has 1 aromatic rings. The summed E-state index contributed by atoms with van der Waals surface area (Å²) in [5.41, 5.74) is -0.366. The number of ketones is 1. The first-order valence-electron chi connectivity index (χ1n) is 4.30. The Morgan fingerprint density at radius 2 is 1.81 bits per heavy atom. The lowest BCUT2D eigenvalue weighted by molar-refractivity contribution is -0.151. The fourth-order valence-corrected chi connectivity index (χ4v) is 1.18. The number of hydrogen-bond acceptors (Lipinski definition) is 1. The van der Waals surface area contributed by atoms with E-state index in [0.29, 0.717) is 6.07 Å². The summed E-state index contributed by atoms with van der Waals surface area (Å²) in [6, 6.07) is 2.31. The zero-order valence-corrected chi connectivity index (χ0v) is 7.94. The minimum Gasteiger partial charge on any atom is -0.299 e. The number of rotatable bonds is 3. The van der Waals surface area contributed by atoms with Gasteiger partial charge in [-0.3, -0.25) is 4.79 Å². The molecule has 0 heterocycles. The minimum absolute atomic E-state index is 0.366. The maximum atomic E-state index is 13.0. The Hall–Kier alpha value is -1.46. The lowest BCUT2D eigenvalue weighted by atomic mass is 10.1. The highest BCUT2D eigenvalue weighted by atomic mass is 19.4. The summed E-state index contributed by atoms with van der Waals surface area (Å²) < 4.78 is 61.0. The highest BCUT2D eigenvalue weighted by molar-refractivity contribution is 5.81. The molecule has 0 aliphatic heterocycles. The lowest BCUT2D eigenvalue weighted by Crippen LogP contribution is -2.17. The largest absolute Gasteiger partial charge is 0.395 e. The molecule has 0 radical (unpaired) electrons. The Bertz CT molecular complexity index is 397. The van der Waals surface area contributed by atoms with Crippen LogP contribution in [0.4, 0.5) is 22.0 Å². The van der Waals surface area contributed by atoms with E-state index < -0.39 is 36.4 Å². The molecule has 0 saturated carbocycles. The maximum Gasteiger partial charge on any atom is 0.395 e. The molecule has 0 aromatic heterocycles. The Morgan fingerprint density at radius 3 is 2.38 bits per heavy atom. The maximum absolute atomic E-state index is 13.0. The van der Waals surface area contributed by atoms with Gasteiger partial charge in [0.25, 0.3) is 0 Å². The fourth-order valence-electron chi connectivity index (χ4n) is 1.18. The first kappa shape index (κ1) is 12.6. The summed E-state index contributed by atoms with van der Waals surface area (Å²) >= 11 is 0. The number of benzene rings is 1. The molecule has 0 bridgehead atoms. The second kappa shape index (κ2) is 4.59. The fraction of sp³-hybridized carbons (Fsp3) is 0.300. The molecule has 0 spiro atoms. The van der Waals surface area contributed by atoms with E-state index in [-0.39, 0.29) is 5.56 Å². The van der Waals surface area contributed by atoms with E-state index in [4.69, 9.17) is 0 Å². The average Bonchev–Trinajstić information content (AvgIpc) is 2.08. The molecule has 88 valence electrons. The summed E-state index contributed by atoms with van der Waals surface area (Å²) in [5, 5.41) is 0. The van der Waals surface area contributed by atoms with Crippen LogP contribution in [-0.4, -0.2) is 12.0 Å². The topological polar surface area (TPSA) is 17.1 Å². The number of Topliss-reactive ketones (excluding diaryl/α,β-unsaturated/α-hetero) is 1. The average molecular weight is 238 g/mol. The molecule has 1 nitrogen and oxygen atoms in total. The van der Waals surface area contributed by atoms with Crippen LogP contribution in [0.15, 0.2) is 18.2 Å². The van der Waals surface area contributed by atoms with E-state index in [0.717, 1.165) is 12.1 Å². The van der Waals surface area contributed by atoms with Crippen molar-refractivity contribution in [3.63, 3.8) is 0 Å². The number of carbonyl (C=O) groups excluding carboxylic acids is 1. The summed E-state index contributed by atoms with van der Waals surface area (Å²) in [7, 11) is 0. The molecule has 0 unspecified atom stereocenters. The smallest absolute Gasteiger partial charge is 0.299 e. The van der Waals surface area contributed by atoms with Crippen LogP contribution in [0, 0.1) is 11.6 Å². The highest BCUT2D eigenvalue weighted by Crippen LogP contribution is 2.21. The van der Waals surface area contributed by atoms with Crippen LogP contribution in [-0.2, 0) is 11.2 Å². The van der Waals surface area contributed by atoms with Crippen molar-refractivity contribution in [1.82, 2.24) is 0 Å². The molecule has 16 heavy (non-hydrogen) atoms. The van der Waals surface area contributed by atoms with E-state index in [1.807, 2.05) is 0 Å². The molecule has 0 aliphatic rings. The predicted molar refractivity (Wildman–Crippen MR) is 45.7 cm³/mol. The van der Waals surface area contributed by atoms with Gasteiger partial charge in [-0.2, -0.15) is 13.2 Å². The third-order valence-electron chi connectivity index (χ3n) is 1.79. The Balaban J connectivity index is 2.73. The number of alkyl halides is 3. The van der Waals surface area contributed by atoms with E-state index in [2.05, 4.69) is 0 Å². The number of hydrogen-bond donors (Lipinski definition) is 0. The highest BCUT2D eigenvalue weighted by Gasteiger charge is 2.31. The third-order valence-corrected chi connectivity index (χ3v) is 1.79. The van der Waals surface area contributed by atoms with Crippen LogP contribution in [0.25, 0.3) is 0 Å². The van der Waals surface area contributed by atoms with E-state index >= 15 is 0 Å². The zero-order chi connectivity index (χ0) is 12.3. The van der Waals surface area contributed by atoms with Crippen molar-refractivity contribution in [2.45, 2.75) is 19.0 Å². The van der Waals surface area contributed by atoms with Crippen LogP contribution >= 0.6 is 0 Å². The Kier molecular flexibility index (Phi) is 3.62. The van der Waals surface area contributed by atoms with Crippen molar-refractivity contribution < 1.29 is 26.7 Å². The molecule has 0 atom stereocenters. The summed E-state index contributed by atoms with van der Waals surface area (Å²) in [6.45, 7) is 0. The van der Waals surface area contributed by atoms with Gasteiger partial charge in [-0.25, -0.2) is 8.78 Å². The first-order valence-corrected chi connectivity index (χ1v) is 4.30. The van der Waals surface area contributed by atoms with Gasteiger partial charge in [0.2, 0.25) is 0 Å². The monoisotopic (exact) mass is 238 g/mol. The van der Waals surface area contributed by atoms with Crippen LogP contribution in [0.5, 0.6) is 0 Å². The normalized spacial score (nSPS) is 11.6. The summed E-state index contributed by atoms with van der Waals surface area (Å²) in [5.74, 6) is -2.88. The molecular weight excluding hydrogens is 231 g/mol. The van der Waals surface area contributed by atoms with Gasteiger partial charge < -0.3 is 0 Å². The Morgan fingerprint density at radius 1 is 1.19 bits per heavy atom. The van der Waals surface area contributed by atoms with E-state index in [9.17, 15) is 26.7 Å². The van der Waals surface area contributed by atoms with E-state index in [1.54, 1.807) is 0 Å². The van der Waals surface area contributed by atoms with Crippen LogP contribution < -0.4 is 0 Å². The SMILES string of the molecule is O=C(Cc1cc(F)ccc1F)CC(F)(F)F.